The van der Waals surface area contributed by atoms with E-state index in [1.54, 1.807) is 48.5 Å². The molecular weight excluding hydrogens is 589 g/mol. The molecule has 2 aliphatic rings. The number of amides is 3. The summed E-state index contributed by atoms with van der Waals surface area (Å²) < 4.78 is 53.1. The molecule has 1 saturated heterocycles. The van der Waals surface area contributed by atoms with E-state index in [-0.39, 0.29) is 45.0 Å². The third kappa shape index (κ3) is 5.21. The molecule has 6 rings (SSSR count). The van der Waals surface area contributed by atoms with Gasteiger partial charge >= 0.3 is 0 Å². The number of benzene rings is 4. The number of sulfonamides is 1. The first-order chi connectivity index (χ1) is 21.2. The number of nitrogens with zero attached hydrogens (tertiary/aromatic N) is 3. The van der Waals surface area contributed by atoms with Crippen molar-refractivity contribution in [3.05, 3.63) is 101 Å². The van der Waals surface area contributed by atoms with Crippen molar-refractivity contribution in [3.63, 3.8) is 0 Å². The summed E-state index contributed by atoms with van der Waals surface area (Å²) in [5.41, 5.74) is 1.09. The molecule has 0 atom stereocenters. The molecule has 12 heteroatoms. The molecule has 0 aliphatic carbocycles. The predicted molar refractivity (Wildman–Crippen MR) is 160 cm³/mol. The van der Waals surface area contributed by atoms with Gasteiger partial charge in [-0.05, 0) is 60.0 Å². The lowest BCUT2D eigenvalue weighted by Gasteiger charge is -2.30. The van der Waals surface area contributed by atoms with E-state index >= 15 is 0 Å². The zero-order valence-corrected chi connectivity index (χ0v) is 24.6. The number of anilines is 1. The molecule has 2 heterocycles. The number of hydrogen-bond donors (Lipinski definition) is 0. The molecule has 0 spiro atoms. The lowest BCUT2D eigenvalue weighted by molar-refractivity contribution is 0.0611. The molecule has 0 N–H and O–H groups in total. The SMILES string of the molecule is COc1ccc(N(CCN2C(=O)c3cccc4cccc(c34)C2=O)C(=O)c2ccc(F)c(S(=O)(=O)N3CCOCC3)c2)cc1. The number of hydrogen-bond acceptors (Lipinski definition) is 7. The first-order valence-electron chi connectivity index (χ1n) is 13.9. The van der Waals surface area contributed by atoms with Crippen LogP contribution in [0.4, 0.5) is 10.1 Å². The Labute approximate surface area is 253 Å². The second-order valence-electron chi connectivity index (χ2n) is 10.3. The summed E-state index contributed by atoms with van der Waals surface area (Å²) in [5, 5.41) is 1.36. The molecule has 226 valence electrons. The third-order valence-corrected chi connectivity index (χ3v) is 9.71. The van der Waals surface area contributed by atoms with Gasteiger partial charge in [0.25, 0.3) is 17.7 Å². The minimum Gasteiger partial charge on any atom is -0.497 e. The minimum atomic E-state index is -4.25. The summed E-state index contributed by atoms with van der Waals surface area (Å²) in [7, 11) is -2.75. The average molecular weight is 618 g/mol. The van der Waals surface area contributed by atoms with Gasteiger partial charge in [-0.1, -0.05) is 24.3 Å². The Balaban J connectivity index is 1.33. The number of imide groups is 1. The topological polar surface area (TPSA) is 114 Å². The van der Waals surface area contributed by atoms with Gasteiger partial charge in [-0.3, -0.25) is 19.3 Å². The van der Waals surface area contributed by atoms with Gasteiger partial charge < -0.3 is 14.4 Å². The van der Waals surface area contributed by atoms with Crippen LogP contribution in [-0.2, 0) is 14.8 Å². The quantitative estimate of drug-likeness (QED) is 0.275. The Morgan fingerprint density at radius 2 is 1.57 bits per heavy atom. The van der Waals surface area contributed by atoms with E-state index in [1.807, 2.05) is 12.1 Å². The normalized spacial score (nSPS) is 15.5. The van der Waals surface area contributed by atoms with Crippen molar-refractivity contribution in [1.82, 2.24) is 9.21 Å². The Bertz CT molecular complexity index is 1840. The molecule has 3 amide bonds. The van der Waals surface area contributed by atoms with Crippen molar-refractivity contribution in [3.8, 4) is 5.75 Å². The van der Waals surface area contributed by atoms with Gasteiger partial charge in [-0.25, -0.2) is 12.8 Å². The minimum absolute atomic E-state index is 0.0622. The Hall–Kier alpha value is -4.65. The number of rotatable bonds is 8. The first-order valence-corrected chi connectivity index (χ1v) is 15.4. The maximum Gasteiger partial charge on any atom is 0.261 e. The van der Waals surface area contributed by atoms with Gasteiger partial charge in [0.1, 0.15) is 16.5 Å². The van der Waals surface area contributed by atoms with Crippen molar-refractivity contribution >= 4 is 44.2 Å². The Morgan fingerprint density at radius 1 is 0.932 bits per heavy atom. The second-order valence-corrected chi connectivity index (χ2v) is 12.2. The number of morpholine rings is 1. The van der Waals surface area contributed by atoms with Crippen molar-refractivity contribution in [2.24, 2.45) is 0 Å². The zero-order chi connectivity index (χ0) is 31.0. The summed E-state index contributed by atoms with van der Waals surface area (Å²) in [6, 6.07) is 20.2. The van der Waals surface area contributed by atoms with Crippen molar-refractivity contribution in [2.45, 2.75) is 4.90 Å². The van der Waals surface area contributed by atoms with Crippen molar-refractivity contribution in [1.29, 1.82) is 0 Å². The van der Waals surface area contributed by atoms with Gasteiger partial charge in [0.15, 0.2) is 0 Å². The standard InChI is InChI=1S/C32H28FN3O7S/c1-42-24-11-9-23(10-12-24)35(14-15-36-31(38)25-6-2-4-21-5-3-7-26(29(21)25)32(36)39)30(37)22-8-13-27(33)28(20-22)44(40,41)34-16-18-43-19-17-34/h2-13,20H,14-19H2,1H3. The fourth-order valence-corrected chi connectivity index (χ4v) is 7.01. The highest BCUT2D eigenvalue weighted by Crippen LogP contribution is 2.31. The van der Waals surface area contributed by atoms with E-state index in [1.165, 1.54) is 18.1 Å². The van der Waals surface area contributed by atoms with E-state index in [2.05, 4.69) is 0 Å². The summed E-state index contributed by atoms with van der Waals surface area (Å²) in [6.07, 6.45) is 0. The monoisotopic (exact) mass is 617 g/mol. The number of carbonyl (C=O) groups excluding carboxylic acids is 3. The largest absolute Gasteiger partial charge is 0.497 e. The van der Waals surface area contributed by atoms with E-state index in [0.29, 0.717) is 28.0 Å². The summed E-state index contributed by atoms with van der Waals surface area (Å²) in [6.45, 7) is 0.207. The van der Waals surface area contributed by atoms with E-state index < -0.39 is 38.5 Å². The fraction of sp³-hybridized carbons (Fsp3) is 0.219. The van der Waals surface area contributed by atoms with Crippen LogP contribution in [0.2, 0.25) is 0 Å². The molecule has 44 heavy (non-hydrogen) atoms. The van der Waals surface area contributed by atoms with E-state index in [9.17, 15) is 27.2 Å². The maximum absolute atomic E-state index is 14.9. The molecule has 4 aromatic rings. The smallest absolute Gasteiger partial charge is 0.261 e. The molecule has 0 radical (unpaired) electrons. The summed E-state index contributed by atoms with van der Waals surface area (Å²) in [5.74, 6) is -2.06. The number of halogens is 1. The number of methoxy groups -OCH3 is 1. The lowest BCUT2D eigenvalue weighted by atomic mass is 9.94. The third-order valence-electron chi connectivity index (χ3n) is 7.80. The Kier molecular flexibility index (Phi) is 7.89. The van der Waals surface area contributed by atoms with E-state index in [4.69, 9.17) is 9.47 Å². The molecule has 2 aliphatic heterocycles. The molecule has 0 bridgehead atoms. The highest BCUT2D eigenvalue weighted by Gasteiger charge is 2.34. The second kappa shape index (κ2) is 11.8. The summed E-state index contributed by atoms with van der Waals surface area (Å²) >= 11 is 0. The van der Waals surface area contributed by atoms with Crippen LogP contribution in [0.5, 0.6) is 5.75 Å². The van der Waals surface area contributed by atoms with Crippen LogP contribution in [0.15, 0.2) is 83.8 Å². The van der Waals surface area contributed by atoms with Crippen LogP contribution in [0, 0.1) is 5.82 Å². The van der Waals surface area contributed by atoms with Gasteiger partial charge in [0, 0.05) is 53.9 Å². The molecule has 0 unspecified atom stereocenters. The molecule has 4 aromatic carbocycles. The van der Waals surface area contributed by atoms with Crippen LogP contribution >= 0.6 is 0 Å². The average Bonchev–Trinajstić information content (AvgIpc) is 3.05. The molecule has 0 aromatic heterocycles. The van der Waals surface area contributed by atoms with Crippen LogP contribution < -0.4 is 9.64 Å². The highest BCUT2D eigenvalue weighted by molar-refractivity contribution is 7.89. The lowest BCUT2D eigenvalue weighted by Crippen LogP contribution is -2.46. The zero-order valence-electron chi connectivity index (χ0n) is 23.7. The van der Waals surface area contributed by atoms with Gasteiger partial charge in [0.05, 0.1) is 20.3 Å². The molecular formula is C32H28FN3O7S. The van der Waals surface area contributed by atoms with Gasteiger partial charge in [0.2, 0.25) is 10.0 Å². The fourth-order valence-electron chi connectivity index (χ4n) is 5.51. The van der Waals surface area contributed by atoms with Crippen molar-refractivity contribution < 1.29 is 36.7 Å². The number of ether oxygens (including phenoxy) is 2. The van der Waals surface area contributed by atoms with Crippen LogP contribution in [0.1, 0.15) is 31.1 Å². The number of carbonyl (C=O) groups is 3. The van der Waals surface area contributed by atoms with Gasteiger partial charge in [-0.15, -0.1) is 0 Å². The van der Waals surface area contributed by atoms with Crippen LogP contribution in [0.3, 0.4) is 0 Å². The van der Waals surface area contributed by atoms with Crippen LogP contribution in [-0.4, -0.2) is 81.8 Å². The first kappa shape index (κ1) is 29.4. The van der Waals surface area contributed by atoms with E-state index in [0.717, 1.165) is 26.7 Å². The maximum atomic E-state index is 14.9. The summed E-state index contributed by atoms with van der Waals surface area (Å²) in [4.78, 5) is 42.8. The Morgan fingerprint density at radius 3 is 2.18 bits per heavy atom. The van der Waals surface area contributed by atoms with Gasteiger partial charge in [-0.2, -0.15) is 4.31 Å². The molecule has 1 fully saturated rings. The highest BCUT2D eigenvalue weighted by atomic mass is 32.2. The molecule has 10 nitrogen and oxygen atoms in total. The van der Waals surface area contributed by atoms with Crippen molar-refractivity contribution in [2.75, 3.05) is 51.4 Å². The molecule has 0 saturated carbocycles. The van der Waals surface area contributed by atoms with Crippen LogP contribution in [0.25, 0.3) is 10.8 Å². The predicted octanol–water partition coefficient (Wildman–Crippen LogP) is 3.95.